The van der Waals surface area contributed by atoms with Crippen molar-refractivity contribution in [3.63, 3.8) is 0 Å². The fraction of sp³-hybridized carbons (Fsp3) is 0.0667. The summed E-state index contributed by atoms with van der Waals surface area (Å²) in [7, 11) is 0. The molecule has 1 heterocycles. The highest BCUT2D eigenvalue weighted by Gasteiger charge is 2.05. The first-order valence-corrected chi connectivity index (χ1v) is 6.33. The topological polar surface area (TPSA) is 13.1 Å². The average Bonchev–Trinajstić information content (AvgIpc) is 2.74. The Morgan fingerprint density at radius 1 is 0.941 bits per heavy atom. The standard InChI is InChI=1S/C15H11BrO/c16-14-7-3-1-5-11(14)9-13-10-12-6-2-4-8-15(12)17-13/h1-8,10H,9H2. The largest absolute Gasteiger partial charge is 0.461 e. The number of furan rings is 1. The smallest absolute Gasteiger partial charge is 0.134 e. The van der Waals surface area contributed by atoms with Crippen molar-refractivity contribution in [2.45, 2.75) is 6.42 Å². The van der Waals surface area contributed by atoms with E-state index in [2.05, 4.69) is 40.2 Å². The van der Waals surface area contributed by atoms with Crippen LogP contribution in [0.5, 0.6) is 0 Å². The Labute approximate surface area is 108 Å². The summed E-state index contributed by atoms with van der Waals surface area (Å²) in [5.41, 5.74) is 2.20. The van der Waals surface area contributed by atoms with Crippen molar-refractivity contribution in [3.8, 4) is 0 Å². The number of halogens is 1. The summed E-state index contributed by atoms with van der Waals surface area (Å²) in [6, 6.07) is 18.4. The van der Waals surface area contributed by atoms with Crippen LogP contribution in [0.25, 0.3) is 11.0 Å². The van der Waals surface area contributed by atoms with Crippen LogP contribution in [-0.2, 0) is 6.42 Å². The van der Waals surface area contributed by atoms with Crippen molar-refractivity contribution >= 4 is 26.9 Å². The van der Waals surface area contributed by atoms with Gasteiger partial charge in [0.25, 0.3) is 0 Å². The highest BCUT2D eigenvalue weighted by molar-refractivity contribution is 9.10. The molecule has 1 nitrogen and oxygen atoms in total. The first-order chi connectivity index (χ1) is 8.33. The molecule has 0 unspecified atom stereocenters. The SMILES string of the molecule is Brc1ccccc1Cc1cc2ccccc2o1. The maximum absolute atomic E-state index is 5.81. The fourth-order valence-corrected chi connectivity index (χ4v) is 2.38. The van der Waals surface area contributed by atoms with Crippen LogP contribution in [0.1, 0.15) is 11.3 Å². The van der Waals surface area contributed by atoms with Crippen molar-refractivity contribution in [2.75, 3.05) is 0 Å². The van der Waals surface area contributed by atoms with Gasteiger partial charge in [0.05, 0.1) is 0 Å². The molecule has 2 aromatic carbocycles. The van der Waals surface area contributed by atoms with Gasteiger partial charge in [-0.15, -0.1) is 0 Å². The van der Waals surface area contributed by atoms with E-state index in [1.54, 1.807) is 0 Å². The minimum atomic E-state index is 0.816. The minimum absolute atomic E-state index is 0.816. The van der Waals surface area contributed by atoms with E-state index in [-0.39, 0.29) is 0 Å². The van der Waals surface area contributed by atoms with Crippen LogP contribution in [0.3, 0.4) is 0 Å². The van der Waals surface area contributed by atoms with Crippen molar-refractivity contribution in [3.05, 3.63) is 70.4 Å². The van der Waals surface area contributed by atoms with Gasteiger partial charge in [-0.3, -0.25) is 0 Å². The Balaban J connectivity index is 1.98. The summed E-state index contributed by atoms with van der Waals surface area (Å²) in [6.07, 6.45) is 0.816. The van der Waals surface area contributed by atoms with E-state index in [0.29, 0.717) is 0 Å². The van der Waals surface area contributed by atoms with Crippen LogP contribution in [0, 0.1) is 0 Å². The van der Waals surface area contributed by atoms with E-state index in [0.717, 1.165) is 27.6 Å². The molecule has 0 aliphatic carbocycles. The lowest BCUT2D eigenvalue weighted by Gasteiger charge is -2.00. The lowest BCUT2D eigenvalue weighted by atomic mass is 10.1. The normalized spacial score (nSPS) is 10.9. The summed E-state index contributed by atoms with van der Waals surface area (Å²) in [4.78, 5) is 0. The van der Waals surface area contributed by atoms with Gasteiger partial charge in [-0.25, -0.2) is 0 Å². The predicted octanol–water partition coefficient (Wildman–Crippen LogP) is 4.79. The molecule has 2 heteroatoms. The molecular formula is C15H11BrO. The second-order valence-electron chi connectivity index (χ2n) is 4.02. The third-order valence-electron chi connectivity index (χ3n) is 2.80. The maximum Gasteiger partial charge on any atom is 0.134 e. The monoisotopic (exact) mass is 286 g/mol. The zero-order valence-corrected chi connectivity index (χ0v) is 10.8. The second-order valence-corrected chi connectivity index (χ2v) is 4.87. The Morgan fingerprint density at radius 2 is 1.71 bits per heavy atom. The maximum atomic E-state index is 5.81. The molecule has 0 aliphatic rings. The number of hydrogen-bond donors (Lipinski definition) is 0. The van der Waals surface area contributed by atoms with Crippen LogP contribution in [0.2, 0.25) is 0 Å². The lowest BCUT2D eigenvalue weighted by Crippen LogP contribution is -1.86. The third kappa shape index (κ3) is 2.13. The molecule has 0 radical (unpaired) electrons. The van der Waals surface area contributed by atoms with Gasteiger partial charge < -0.3 is 4.42 Å². The molecule has 0 atom stereocenters. The lowest BCUT2D eigenvalue weighted by molar-refractivity contribution is 0.562. The molecule has 0 N–H and O–H groups in total. The fourth-order valence-electron chi connectivity index (χ4n) is 1.95. The zero-order chi connectivity index (χ0) is 11.7. The zero-order valence-electron chi connectivity index (χ0n) is 9.19. The van der Waals surface area contributed by atoms with Gasteiger partial charge in [0.2, 0.25) is 0 Å². The summed E-state index contributed by atoms with van der Waals surface area (Å²) >= 11 is 3.56. The summed E-state index contributed by atoms with van der Waals surface area (Å²) < 4.78 is 6.93. The van der Waals surface area contributed by atoms with Gasteiger partial charge in [-0.05, 0) is 23.8 Å². The Morgan fingerprint density at radius 3 is 2.53 bits per heavy atom. The highest BCUT2D eigenvalue weighted by Crippen LogP contribution is 2.24. The third-order valence-corrected chi connectivity index (χ3v) is 3.57. The molecule has 0 saturated carbocycles. The first-order valence-electron chi connectivity index (χ1n) is 5.54. The van der Waals surface area contributed by atoms with Crippen molar-refractivity contribution in [1.29, 1.82) is 0 Å². The molecule has 84 valence electrons. The summed E-state index contributed by atoms with van der Waals surface area (Å²) in [5.74, 6) is 0.998. The van der Waals surface area contributed by atoms with Crippen LogP contribution < -0.4 is 0 Å². The molecule has 0 saturated heterocycles. The summed E-state index contributed by atoms with van der Waals surface area (Å²) in [6.45, 7) is 0. The average molecular weight is 287 g/mol. The van der Waals surface area contributed by atoms with Crippen molar-refractivity contribution < 1.29 is 4.42 Å². The number of rotatable bonds is 2. The van der Waals surface area contributed by atoms with Crippen LogP contribution in [0.4, 0.5) is 0 Å². The van der Waals surface area contributed by atoms with Gasteiger partial charge in [0.15, 0.2) is 0 Å². The first kappa shape index (κ1) is 10.6. The molecule has 0 amide bonds. The number of benzene rings is 2. The Hall–Kier alpha value is -1.54. The van der Waals surface area contributed by atoms with Gasteiger partial charge in [0.1, 0.15) is 11.3 Å². The Bertz CT molecular complexity index is 622. The van der Waals surface area contributed by atoms with Crippen molar-refractivity contribution in [1.82, 2.24) is 0 Å². The Kier molecular flexibility index (Phi) is 2.73. The van der Waals surface area contributed by atoms with Gasteiger partial charge in [0, 0.05) is 16.3 Å². The van der Waals surface area contributed by atoms with E-state index in [9.17, 15) is 0 Å². The second kappa shape index (κ2) is 4.38. The molecule has 1 aromatic heterocycles. The molecule has 0 aliphatic heterocycles. The van der Waals surface area contributed by atoms with Gasteiger partial charge >= 0.3 is 0 Å². The van der Waals surface area contributed by atoms with E-state index in [1.807, 2.05) is 30.3 Å². The van der Waals surface area contributed by atoms with E-state index in [1.165, 1.54) is 5.56 Å². The van der Waals surface area contributed by atoms with E-state index in [4.69, 9.17) is 4.42 Å². The highest BCUT2D eigenvalue weighted by atomic mass is 79.9. The molecule has 3 aromatic rings. The number of para-hydroxylation sites is 1. The van der Waals surface area contributed by atoms with Gasteiger partial charge in [-0.1, -0.05) is 52.3 Å². The van der Waals surface area contributed by atoms with Crippen LogP contribution in [0.15, 0.2) is 63.5 Å². The van der Waals surface area contributed by atoms with Crippen molar-refractivity contribution in [2.24, 2.45) is 0 Å². The van der Waals surface area contributed by atoms with Crippen LogP contribution >= 0.6 is 15.9 Å². The molecule has 3 rings (SSSR count). The molecule has 0 bridgehead atoms. The van der Waals surface area contributed by atoms with Crippen LogP contribution in [-0.4, -0.2) is 0 Å². The molecular weight excluding hydrogens is 276 g/mol. The molecule has 0 spiro atoms. The summed E-state index contributed by atoms with van der Waals surface area (Å²) in [5, 5.41) is 1.16. The van der Waals surface area contributed by atoms with Gasteiger partial charge in [-0.2, -0.15) is 0 Å². The number of fused-ring (bicyclic) bond motifs is 1. The van der Waals surface area contributed by atoms with E-state index >= 15 is 0 Å². The molecule has 0 fully saturated rings. The quantitative estimate of drug-likeness (QED) is 0.660. The number of hydrogen-bond acceptors (Lipinski definition) is 1. The van der Waals surface area contributed by atoms with E-state index < -0.39 is 0 Å². The minimum Gasteiger partial charge on any atom is -0.461 e. The molecule has 17 heavy (non-hydrogen) atoms. The predicted molar refractivity (Wildman–Crippen MR) is 73.2 cm³/mol.